The molecule has 0 unspecified atom stereocenters. The van der Waals surface area contributed by atoms with Gasteiger partial charge in [-0.1, -0.05) is 24.3 Å². The molecule has 136 valence electrons. The Labute approximate surface area is 151 Å². The number of ether oxygens (including phenoxy) is 1. The highest BCUT2D eigenvalue weighted by atomic mass is 32.2. The molecule has 0 bridgehead atoms. The molecule has 1 amide bonds. The number of carbonyl (C=O) groups excluding carboxylic acids is 1. The van der Waals surface area contributed by atoms with Gasteiger partial charge in [-0.3, -0.25) is 9.20 Å². The third-order valence-corrected chi connectivity index (χ3v) is 4.75. The average Bonchev–Trinajstić information content (AvgIpc) is 3.00. The topological polar surface area (TPSA) is 89.8 Å². The fourth-order valence-corrected chi connectivity index (χ4v) is 3.34. The van der Waals surface area contributed by atoms with Gasteiger partial charge < -0.3 is 10.1 Å². The van der Waals surface area contributed by atoms with E-state index in [1.54, 1.807) is 24.4 Å². The Morgan fingerprint density at radius 3 is 2.65 bits per heavy atom. The first-order chi connectivity index (χ1) is 12.4. The first-order valence-electron chi connectivity index (χ1n) is 8.01. The van der Waals surface area contributed by atoms with Crippen molar-refractivity contribution in [2.24, 2.45) is 0 Å². The third kappa shape index (κ3) is 3.70. The smallest absolute Gasteiger partial charge is 0.272 e. The quantitative estimate of drug-likeness (QED) is 0.666. The number of aromatic nitrogens is 2. The lowest BCUT2D eigenvalue weighted by atomic mass is 10.2. The lowest BCUT2D eigenvalue weighted by Crippen LogP contribution is -2.28. The molecule has 0 radical (unpaired) electrons. The van der Waals surface area contributed by atoms with Crippen molar-refractivity contribution in [2.45, 2.75) is 12.1 Å². The molecule has 0 atom stereocenters. The van der Waals surface area contributed by atoms with Gasteiger partial charge in [0.15, 0.2) is 5.69 Å². The number of aryl methyl sites for hydroxylation is 1. The fourth-order valence-electron chi connectivity index (χ4n) is 2.57. The maximum Gasteiger partial charge on any atom is 0.272 e. The lowest BCUT2D eigenvalue weighted by Gasteiger charge is -2.09. The van der Waals surface area contributed by atoms with Gasteiger partial charge in [0, 0.05) is 12.5 Å². The van der Waals surface area contributed by atoms with Gasteiger partial charge in [-0.15, -0.1) is 0 Å². The minimum absolute atomic E-state index is 0.0712. The van der Waals surface area contributed by atoms with E-state index in [4.69, 9.17) is 4.74 Å². The van der Waals surface area contributed by atoms with Crippen LogP contribution in [0.5, 0.6) is 5.75 Å². The fraction of sp³-hybridized carbons (Fsp3) is 0.222. The normalized spacial score (nSPS) is 11.5. The Balaban J connectivity index is 1.72. The number of hydrogen-bond donors (Lipinski definition) is 1. The number of benzene rings is 1. The second-order valence-electron chi connectivity index (χ2n) is 5.84. The molecule has 1 aromatic carbocycles. The van der Waals surface area contributed by atoms with Crippen molar-refractivity contribution in [3.63, 3.8) is 0 Å². The number of rotatable bonds is 6. The minimum atomic E-state index is -3.56. The largest absolute Gasteiger partial charge is 0.491 e. The molecule has 3 rings (SSSR count). The van der Waals surface area contributed by atoms with Gasteiger partial charge in [-0.05, 0) is 30.7 Å². The summed E-state index contributed by atoms with van der Waals surface area (Å²) < 4.78 is 30.8. The molecular formula is C18H19N3O4S. The summed E-state index contributed by atoms with van der Waals surface area (Å²) in [6, 6.07) is 12.7. The van der Waals surface area contributed by atoms with Crippen LogP contribution in [0.25, 0.3) is 5.52 Å². The van der Waals surface area contributed by atoms with Crippen LogP contribution in [0, 0.1) is 6.92 Å². The Morgan fingerprint density at radius 2 is 1.92 bits per heavy atom. The molecule has 8 heteroatoms. The highest BCUT2D eigenvalue weighted by molar-refractivity contribution is 7.90. The maximum absolute atomic E-state index is 12.4. The van der Waals surface area contributed by atoms with E-state index < -0.39 is 15.7 Å². The van der Waals surface area contributed by atoms with Crippen molar-refractivity contribution in [1.29, 1.82) is 0 Å². The van der Waals surface area contributed by atoms with Gasteiger partial charge in [-0.25, -0.2) is 13.4 Å². The standard InChI is InChI=1S/C18H19N3O4S/c1-13-7-3-4-9-15(13)25-12-10-19-17(22)16-14-8-5-6-11-21(14)18(20-16)26(2,23)24/h3-9,11H,10,12H2,1-2H3,(H,19,22). The first-order valence-corrected chi connectivity index (χ1v) is 9.91. The van der Waals surface area contributed by atoms with Crippen LogP contribution in [0.15, 0.2) is 53.8 Å². The second kappa shape index (κ2) is 7.17. The average molecular weight is 373 g/mol. The van der Waals surface area contributed by atoms with E-state index in [1.807, 2.05) is 31.2 Å². The van der Waals surface area contributed by atoms with Crippen LogP contribution in [0.1, 0.15) is 16.1 Å². The zero-order valence-corrected chi connectivity index (χ0v) is 15.3. The maximum atomic E-state index is 12.4. The van der Waals surface area contributed by atoms with Crippen molar-refractivity contribution in [3.8, 4) is 5.75 Å². The number of para-hydroxylation sites is 1. The van der Waals surface area contributed by atoms with Crippen LogP contribution in [-0.4, -0.2) is 43.1 Å². The second-order valence-corrected chi connectivity index (χ2v) is 7.75. The lowest BCUT2D eigenvalue weighted by molar-refractivity contribution is 0.0944. The Kier molecular flexibility index (Phi) is 4.94. The zero-order chi connectivity index (χ0) is 18.7. The SMILES string of the molecule is Cc1ccccc1OCCNC(=O)c1nc(S(C)(=O)=O)n2ccccc12. The van der Waals surface area contributed by atoms with E-state index >= 15 is 0 Å². The molecule has 1 N–H and O–H groups in total. The number of nitrogens with zero attached hydrogens (tertiary/aromatic N) is 2. The molecule has 0 aliphatic heterocycles. The molecule has 0 saturated heterocycles. The van der Waals surface area contributed by atoms with Gasteiger partial charge in [0.1, 0.15) is 12.4 Å². The summed E-state index contributed by atoms with van der Waals surface area (Å²) in [5, 5.41) is 2.55. The van der Waals surface area contributed by atoms with E-state index in [2.05, 4.69) is 10.3 Å². The zero-order valence-electron chi connectivity index (χ0n) is 14.5. The van der Waals surface area contributed by atoms with Crippen LogP contribution >= 0.6 is 0 Å². The van der Waals surface area contributed by atoms with E-state index in [9.17, 15) is 13.2 Å². The monoisotopic (exact) mass is 373 g/mol. The highest BCUT2D eigenvalue weighted by Gasteiger charge is 2.22. The van der Waals surface area contributed by atoms with Gasteiger partial charge >= 0.3 is 0 Å². The number of pyridine rings is 1. The molecule has 7 nitrogen and oxygen atoms in total. The summed E-state index contributed by atoms with van der Waals surface area (Å²) in [5.41, 5.74) is 1.52. The summed E-state index contributed by atoms with van der Waals surface area (Å²) in [5.74, 6) is 0.311. The summed E-state index contributed by atoms with van der Waals surface area (Å²) in [6.07, 6.45) is 2.63. The molecule has 2 aromatic heterocycles. The predicted molar refractivity (Wildman–Crippen MR) is 97.3 cm³/mol. The summed E-state index contributed by atoms with van der Waals surface area (Å²) in [7, 11) is -3.56. The Bertz CT molecular complexity index is 1060. The van der Waals surface area contributed by atoms with Crippen LogP contribution in [-0.2, 0) is 9.84 Å². The van der Waals surface area contributed by atoms with Gasteiger partial charge in [0.2, 0.25) is 15.0 Å². The number of carbonyl (C=O) groups is 1. The van der Waals surface area contributed by atoms with E-state index in [0.29, 0.717) is 12.1 Å². The molecular weight excluding hydrogens is 354 g/mol. The van der Waals surface area contributed by atoms with Crippen LogP contribution in [0.4, 0.5) is 0 Å². The summed E-state index contributed by atoms with van der Waals surface area (Å²) >= 11 is 0. The van der Waals surface area contributed by atoms with Gasteiger partial charge in [-0.2, -0.15) is 0 Å². The number of hydrogen-bond acceptors (Lipinski definition) is 5. The van der Waals surface area contributed by atoms with Gasteiger partial charge in [0.05, 0.1) is 12.1 Å². The molecule has 0 saturated carbocycles. The van der Waals surface area contributed by atoms with Crippen molar-refractivity contribution in [2.75, 3.05) is 19.4 Å². The first kappa shape index (κ1) is 17.9. The van der Waals surface area contributed by atoms with Crippen LogP contribution in [0.3, 0.4) is 0 Å². The van der Waals surface area contributed by atoms with Crippen molar-refractivity contribution in [3.05, 3.63) is 59.9 Å². The molecule has 0 aliphatic rings. The molecule has 0 spiro atoms. The van der Waals surface area contributed by atoms with E-state index in [1.165, 1.54) is 4.40 Å². The minimum Gasteiger partial charge on any atom is -0.491 e. The Hall–Kier alpha value is -2.87. The van der Waals surface area contributed by atoms with Crippen molar-refractivity contribution >= 4 is 21.3 Å². The number of imidazole rings is 1. The van der Waals surface area contributed by atoms with Crippen LogP contribution in [0.2, 0.25) is 0 Å². The molecule has 26 heavy (non-hydrogen) atoms. The van der Waals surface area contributed by atoms with Gasteiger partial charge in [0.25, 0.3) is 5.91 Å². The molecule has 0 fully saturated rings. The summed E-state index contributed by atoms with van der Waals surface area (Å²) in [6.45, 7) is 2.51. The summed E-state index contributed by atoms with van der Waals surface area (Å²) in [4.78, 5) is 16.5. The molecule has 2 heterocycles. The van der Waals surface area contributed by atoms with E-state index in [-0.39, 0.29) is 17.4 Å². The van der Waals surface area contributed by atoms with Crippen molar-refractivity contribution < 1.29 is 17.9 Å². The molecule has 0 aliphatic carbocycles. The number of sulfone groups is 1. The number of amides is 1. The Morgan fingerprint density at radius 1 is 1.19 bits per heavy atom. The highest BCUT2D eigenvalue weighted by Crippen LogP contribution is 2.17. The third-order valence-electron chi connectivity index (χ3n) is 3.80. The van der Waals surface area contributed by atoms with Crippen LogP contribution < -0.4 is 10.1 Å². The van der Waals surface area contributed by atoms with E-state index in [0.717, 1.165) is 17.6 Å². The number of fused-ring (bicyclic) bond motifs is 1. The van der Waals surface area contributed by atoms with Crippen molar-refractivity contribution in [1.82, 2.24) is 14.7 Å². The molecule has 3 aromatic rings. The number of nitrogens with one attached hydrogen (secondary N) is 1. The predicted octanol–water partition coefficient (Wildman–Crippen LogP) is 1.86.